The van der Waals surface area contributed by atoms with Gasteiger partial charge in [0.2, 0.25) is 5.91 Å². The molecule has 106 valence electrons. The van der Waals surface area contributed by atoms with E-state index in [0.717, 1.165) is 19.3 Å². The van der Waals surface area contributed by atoms with E-state index in [0.29, 0.717) is 0 Å². The van der Waals surface area contributed by atoms with Gasteiger partial charge in [-0.3, -0.25) is 4.79 Å². The fraction of sp³-hybridized carbons (Fsp3) is 0.909. The van der Waals surface area contributed by atoms with Crippen molar-refractivity contribution in [1.29, 1.82) is 0 Å². The highest BCUT2D eigenvalue weighted by Crippen LogP contribution is 2.15. The van der Waals surface area contributed by atoms with Crippen LogP contribution in [-0.2, 0) is 19.4 Å². The lowest BCUT2D eigenvalue weighted by Crippen LogP contribution is -2.59. The molecule has 1 aliphatic rings. The van der Waals surface area contributed by atoms with Crippen molar-refractivity contribution in [2.75, 3.05) is 32.5 Å². The number of ether oxygens (including phenoxy) is 1. The Balaban J connectivity index is 2.33. The summed E-state index contributed by atoms with van der Waals surface area (Å²) >= 11 is 0. The van der Waals surface area contributed by atoms with E-state index in [2.05, 4.69) is 10.6 Å². The molecular weight excluding hydrogens is 256 g/mol. The highest BCUT2D eigenvalue weighted by Gasteiger charge is 2.34. The molecule has 0 radical (unpaired) electrons. The average Bonchev–Trinajstić information content (AvgIpc) is 2.19. The fourth-order valence-corrected chi connectivity index (χ4v) is 1.65. The minimum Gasteiger partial charge on any atom is -0.363 e. The van der Waals surface area contributed by atoms with Crippen LogP contribution in [0.4, 0.5) is 0 Å². The maximum absolute atomic E-state index is 11.6. The second-order valence-corrected chi connectivity index (χ2v) is 8.30. The molecule has 1 rings (SSSR count). The highest BCUT2D eigenvalue weighted by molar-refractivity contribution is 7.92. The van der Waals surface area contributed by atoms with Gasteiger partial charge in [-0.25, -0.2) is 8.42 Å². The van der Waals surface area contributed by atoms with Gasteiger partial charge in [-0.15, -0.1) is 0 Å². The fourth-order valence-electron chi connectivity index (χ4n) is 1.31. The van der Waals surface area contributed by atoms with Crippen LogP contribution in [0, 0.1) is 0 Å². The lowest BCUT2D eigenvalue weighted by Gasteiger charge is -2.38. The Labute approximate surface area is 108 Å². The van der Waals surface area contributed by atoms with E-state index in [1.165, 1.54) is 0 Å². The van der Waals surface area contributed by atoms with Crippen molar-refractivity contribution in [3.63, 3.8) is 0 Å². The molecule has 0 unspecified atom stereocenters. The molecule has 0 saturated carbocycles. The first-order valence-electron chi connectivity index (χ1n) is 5.87. The summed E-state index contributed by atoms with van der Waals surface area (Å²) in [5.41, 5.74) is -0.274. The number of sulfone groups is 1. The van der Waals surface area contributed by atoms with Gasteiger partial charge in [0.1, 0.15) is 6.61 Å². The van der Waals surface area contributed by atoms with Crippen molar-refractivity contribution < 1.29 is 17.9 Å². The maximum atomic E-state index is 11.6. The second-order valence-electron chi connectivity index (χ2n) is 5.65. The summed E-state index contributed by atoms with van der Waals surface area (Å²) in [5, 5.41) is 5.65. The predicted octanol–water partition coefficient (Wildman–Crippen LogP) is -0.696. The van der Waals surface area contributed by atoms with Crippen molar-refractivity contribution in [3.8, 4) is 0 Å². The van der Waals surface area contributed by atoms with Crippen molar-refractivity contribution in [2.24, 2.45) is 0 Å². The maximum Gasteiger partial charge on any atom is 0.246 e. The van der Waals surface area contributed by atoms with E-state index < -0.39 is 14.6 Å². The van der Waals surface area contributed by atoms with Gasteiger partial charge >= 0.3 is 0 Å². The first kappa shape index (κ1) is 15.4. The molecule has 0 aromatic heterocycles. The van der Waals surface area contributed by atoms with Crippen LogP contribution in [0.3, 0.4) is 0 Å². The first-order valence-corrected chi connectivity index (χ1v) is 7.76. The van der Waals surface area contributed by atoms with E-state index >= 15 is 0 Å². The number of nitrogens with one attached hydrogen (secondary N) is 2. The molecular formula is C11H22N2O4S. The van der Waals surface area contributed by atoms with Gasteiger partial charge in [0.25, 0.3) is 0 Å². The number of rotatable bonds is 6. The lowest BCUT2D eigenvalue weighted by molar-refractivity contribution is -0.135. The van der Waals surface area contributed by atoms with Crippen LogP contribution in [0.25, 0.3) is 0 Å². The predicted molar refractivity (Wildman–Crippen MR) is 69.2 cm³/mol. The molecule has 0 aromatic carbocycles. The minimum atomic E-state index is -3.20. The molecule has 0 aromatic rings. The Morgan fingerprint density at radius 2 is 2.00 bits per heavy atom. The van der Waals surface area contributed by atoms with Crippen LogP contribution in [-0.4, -0.2) is 57.2 Å². The van der Waals surface area contributed by atoms with Gasteiger partial charge in [-0.2, -0.15) is 0 Å². The number of amides is 1. The molecule has 0 atom stereocenters. The van der Waals surface area contributed by atoms with Gasteiger partial charge < -0.3 is 15.4 Å². The minimum absolute atomic E-state index is 0.0436. The molecule has 0 spiro atoms. The molecule has 1 amide bonds. The van der Waals surface area contributed by atoms with Gasteiger partial charge in [0.05, 0.1) is 10.3 Å². The Hall–Kier alpha value is -0.660. The van der Waals surface area contributed by atoms with Gasteiger partial charge in [0, 0.05) is 25.9 Å². The molecule has 0 aliphatic carbocycles. The third-order valence-electron chi connectivity index (χ3n) is 3.26. The monoisotopic (exact) mass is 278 g/mol. The zero-order valence-corrected chi connectivity index (χ0v) is 12.2. The Bertz CT molecular complexity index is 413. The summed E-state index contributed by atoms with van der Waals surface area (Å²) in [4.78, 5) is 11.6. The van der Waals surface area contributed by atoms with Crippen LogP contribution in [0.1, 0.15) is 20.8 Å². The van der Waals surface area contributed by atoms with E-state index in [1.807, 2.05) is 6.92 Å². The summed E-state index contributed by atoms with van der Waals surface area (Å²) in [6.07, 6.45) is 1.16. The van der Waals surface area contributed by atoms with Crippen LogP contribution >= 0.6 is 0 Å². The Morgan fingerprint density at radius 1 is 1.44 bits per heavy atom. The normalized spacial score (nSPS) is 19.1. The summed E-state index contributed by atoms with van der Waals surface area (Å²) in [5.74, 6) is -0.292. The molecule has 2 N–H and O–H groups in total. The van der Waals surface area contributed by atoms with Gasteiger partial charge in [-0.1, -0.05) is 0 Å². The van der Waals surface area contributed by atoms with E-state index in [-0.39, 0.29) is 24.7 Å². The Kier molecular flexibility index (Phi) is 4.40. The zero-order chi connectivity index (χ0) is 14.0. The molecule has 6 nitrogen and oxygen atoms in total. The summed E-state index contributed by atoms with van der Waals surface area (Å²) in [6, 6.07) is 0. The summed E-state index contributed by atoms with van der Waals surface area (Å²) < 4.78 is 27.4. The van der Waals surface area contributed by atoms with Crippen LogP contribution in [0.5, 0.6) is 0 Å². The first-order chi connectivity index (χ1) is 8.06. The zero-order valence-electron chi connectivity index (χ0n) is 11.4. The third kappa shape index (κ3) is 3.93. The van der Waals surface area contributed by atoms with Crippen molar-refractivity contribution in [2.45, 2.75) is 31.1 Å². The number of carbonyl (C=O) groups excluding carboxylic acids is 1. The topological polar surface area (TPSA) is 84.5 Å². The van der Waals surface area contributed by atoms with Crippen LogP contribution < -0.4 is 10.6 Å². The molecule has 1 heterocycles. The van der Waals surface area contributed by atoms with Crippen molar-refractivity contribution in [3.05, 3.63) is 0 Å². The third-order valence-corrected chi connectivity index (χ3v) is 5.42. The summed E-state index contributed by atoms with van der Waals surface area (Å²) in [7, 11) is -3.20. The standard InChI is InChI=1S/C11H22N2O4S/c1-10(2,18(4,15)16)6-13-9(14)5-17-11(3)7-12-8-11/h12H,5-8H2,1-4H3,(H,13,14). The van der Waals surface area contributed by atoms with E-state index in [1.54, 1.807) is 13.8 Å². The smallest absolute Gasteiger partial charge is 0.246 e. The van der Waals surface area contributed by atoms with E-state index in [4.69, 9.17) is 4.74 Å². The van der Waals surface area contributed by atoms with Crippen LogP contribution in [0.15, 0.2) is 0 Å². The number of carbonyl (C=O) groups is 1. The van der Waals surface area contributed by atoms with E-state index in [9.17, 15) is 13.2 Å². The largest absolute Gasteiger partial charge is 0.363 e. The Morgan fingerprint density at radius 3 is 2.39 bits per heavy atom. The quantitative estimate of drug-likeness (QED) is 0.671. The lowest BCUT2D eigenvalue weighted by atomic mass is 10.0. The second kappa shape index (κ2) is 5.14. The SMILES string of the molecule is CC1(OCC(=O)NCC(C)(C)S(C)(=O)=O)CNC1. The molecule has 1 aliphatic heterocycles. The van der Waals surface area contributed by atoms with Crippen molar-refractivity contribution in [1.82, 2.24) is 10.6 Å². The molecule has 1 saturated heterocycles. The number of hydrogen-bond donors (Lipinski definition) is 2. The van der Waals surface area contributed by atoms with Crippen molar-refractivity contribution >= 4 is 15.7 Å². The molecule has 1 fully saturated rings. The average molecular weight is 278 g/mol. The molecule has 7 heteroatoms. The summed E-state index contributed by atoms with van der Waals surface area (Å²) in [6.45, 7) is 6.60. The molecule has 0 bridgehead atoms. The molecule has 18 heavy (non-hydrogen) atoms. The van der Waals surface area contributed by atoms with Gasteiger partial charge in [0.15, 0.2) is 9.84 Å². The highest BCUT2D eigenvalue weighted by atomic mass is 32.2. The van der Waals surface area contributed by atoms with Gasteiger partial charge in [-0.05, 0) is 20.8 Å². The number of hydrogen-bond acceptors (Lipinski definition) is 5. The van der Waals surface area contributed by atoms with Crippen LogP contribution in [0.2, 0.25) is 0 Å².